The molecule has 8 aromatic heterocycles. The molecule has 9 nitrogen and oxygen atoms in total. The first-order chi connectivity index (χ1) is 22.3. The molecule has 0 aliphatic rings. The van der Waals surface area contributed by atoms with Gasteiger partial charge in [-0.1, -0.05) is 36.4 Å². The lowest BCUT2D eigenvalue weighted by atomic mass is 10.3. The molecule has 0 radical (unpaired) electrons. The highest BCUT2D eigenvalue weighted by Gasteiger charge is 1.94. The first kappa shape index (κ1) is 28.6. The molecule has 0 saturated carbocycles. The van der Waals surface area contributed by atoms with Crippen LogP contribution in [0.25, 0.3) is 55.1 Å². The van der Waals surface area contributed by atoms with Crippen molar-refractivity contribution in [1.82, 2.24) is 19.9 Å². The Bertz CT molecular complexity index is 1790. The van der Waals surface area contributed by atoms with Crippen molar-refractivity contribution in [1.29, 1.82) is 0 Å². The summed E-state index contributed by atoms with van der Waals surface area (Å²) in [6, 6.07) is 31.1. The van der Waals surface area contributed by atoms with Crippen molar-refractivity contribution >= 4 is 55.1 Å². The highest BCUT2D eigenvalue weighted by atomic mass is 16.3. The van der Waals surface area contributed by atoms with E-state index in [-0.39, 0.29) is 0 Å². The van der Waals surface area contributed by atoms with E-state index in [1.54, 1.807) is 56.1 Å². The Morgan fingerprint density at radius 1 is 0.356 bits per heavy atom. The van der Waals surface area contributed by atoms with Crippen LogP contribution in [0.15, 0.2) is 182 Å². The van der Waals surface area contributed by atoms with Crippen LogP contribution in [0.3, 0.4) is 0 Å². The molecule has 0 spiro atoms. The van der Waals surface area contributed by atoms with Gasteiger partial charge >= 0.3 is 0 Å². The molecule has 10 aromatic rings. The lowest BCUT2D eigenvalue weighted by Crippen LogP contribution is -1.72. The van der Waals surface area contributed by atoms with Crippen LogP contribution in [0, 0.1) is 0 Å². The number of furan rings is 5. The lowest BCUT2D eigenvalue weighted by Gasteiger charge is -1.81. The maximum Gasteiger partial charge on any atom is 0.228 e. The van der Waals surface area contributed by atoms with Crippen molar-refractivity contribution in [2.24, 2.45) is 0 Å². The van der Waals surface area contributed by atoms with Gasteiger partial charge in [-0.3, -0.25) is 4.98 Å². The molecule has 0 N–H and O–H groups in total. The predicted octanol–water partition coefficient (Wildman–Crippen LogP) is 9.74. The minimum atomic E-state index is 0.644. The second-order valence-electron chi connectivity index (χ2n) is 9.27. The number of rotatable bonds is 0. The molecule has 9 heteroatoms. The molecule has 220 valence electrons. The third kappa shape index (κ3) is 7.68. The van der Waals surface area contributed by atoms with E-state index in [2.05, 4.69) is 19.9 Å². The Hall–Kier alpha value is -6.48. The number of para-hydroxylation sites is 2. The fraction of sp³-hybridized carbons (Fsp3) is 0. The van der Waals surface area contributed by atoms with Crippen LogP contribution < -0.4 is 0 Å². The van der Waals surface area contributed by atoms with E-state index in [1.807, 2.05) is 97.1 Å². The molecule has 0 bridgehead atoms. The van der Waals surface area contributed by atoms with Crippen LogP contribution in [0.4, 0.5) is 0 Å². The van der Waals surface area contributed by atoms with Crippen LogP contribution in [0.2, 0.25) is 0 Å². The number of fused-ring (bicyclic) bond motifs is 5. The van der Waals surface area contributed by atoms with Crippen LogP contribution in [-0.4, -0.2) is 19.9 Å². The fourth-order valence-corrected chi connectivity index (χ4v) is 4.13. The zero-order valence-corrected chi connectivity index (χ0v) is 23.8. The van der Waals surface area contributed by atoms with E-state index in [0.717, 1.165) is 43.7 Å². The third-order valence-corrected chi connectivity index (χ3v) is 6.33. The van der Waals surface area contributed by atoms with Crippen LogP contribution in [0.5, 0.6) is 0 Å². The van der Waals surface area contributed by atoms with Crippen molar-refractivity contribution in [2.75, 3.05) is 0 Å². The monoisotopic (exact) mass is 594 g/mol. The van der Waals surface area contributed by atoms with Gasteiger partial charge in [0.2, 0.25) is 11.4 Å². The number of aromatic nitrogens is 4. The van der Waals surface area contributed by atoms with Crippen LogP contribution >= 0.6 is 0 Å². The summed E-state index contributed by atoms with van der Waals surface area (Å²) in [6.07, 6.45) is 16.7. The van der Waals surface area contributed by atoms with E-state index in [0.29, 0.717) is 11.4 Å². The predicted molar refractivity (Wildman–Crippen MR) is 172 cm³/mol. The Morgan fingerprint density at radius 2 is 0.867 bits per heavy atom. The van der Waals surface area contributed by atoms with Gasteiger partial charge in [0.05, 0.1) is 36.7 Å². The summed E-state index contributed by atoms with van der Waals surface area (Å²) < 4.78 is 25.3. The van der Waals surface area contributed by atoms with Gasteiger partial charge in [-0.2, -0.15) is 0 Å². The molecule has 0 fully saturated rings. The van der Waals surface area contributed by atoms with Crippen molar-refractivity contribution in [2.45, 2.75) is 0 Å². The molecule has 10 rings (SSSR count). The Labute approximate surface area is 256 Å². The summed E-state index contributed by atoms with van der Waals surface area (Å²) in [4.78, 5) is 15.6. The second kappa shape index (κ2) is 14.6. The molecule has 0 saturated heterocycles. The Morgan fingerprint density at radius 3 is 1.49 bits per heavy atom. The van der Waals surface area contributed by atoms with Crippen molar-refractivity contribution < 1.29 is 22.1 Å². The first-order valence-electron chi connectivity index (χ1n) is 13.9. The maximum atomic E-state index is 5.12. The van der Waals surface area contributed by atoms with Crippen molar-refractivity contribution in [3.8, 4) is 0 Å². The topological polar surface area (TPSA) is 117 Å². The highest BCUT2D eigenvalue weighted by Crippen LogP contribution is 2.14. The average molecular weight is 595 g/mol. The standard InChI is InChI=1S/2C8H6O.2C7H5NO.C6H4N2O/c2*1-2-4-8-7(3-1)5-6-9-8;1-3-8-5-6-2-4-9-7(1)6;1-2-6-3-5-9-7(6)8-4-1;1-2-9-6-5(1)3-7-4-8-6/h2*1-6H;2*1-5H;1-4H. The molecule has 0 aliphatic carbocycles. The average Bonchev–Trinajstić information content (AvgIpc) is 3.95. The zero-order chi connectivity index (χ0) is 30.5. The molecule has 45 heavy (non-hydrogen) atoms. The van der Waals surface area contributed by atoms with Gasteiger partial charge in [0.1, 0.15) is 23.1 Å². The lowest BCUT2D eigenvalue weighted by molar-refractivity contribution is 0.602. The van der Waals surface area contributed by atoms with Gasteiger partial charge in [0.25, 0.3) is 0 Å². The van der Waals surface area contributed by atoms with E-state index in [4.69, 9.17) is 22.1 Å². The van der Waals surface area contributed by atoms with Gasteiger partial charge in [0.15, 0.2) is 0 Å². The van der Waals surface area contributed by atoms with Gasteiger partial charge in [-0.05, 0) is 60.7 Å². The maximum absolute atomic E-state index is 5.12. The largest absolute Gasteiger partial charge is 0.464 e. The molecule has 8 heterocycles. The quantitative estimate of drug-likeness (QED) is 0.169. The van der Waals surface area contributed by atoms with E-state index in [1.165, 1.54) is 6.33 Å². The number of nitrogens with zero attached hydrogens (tertiary/aromatic N) is 4. The summed E-state index contributed by atoms with van der Waals surface area (Å²) in [7, 11) is 0. The Kier molecular flexibility index (Phi) is 9.30. The number of pyridine rings is 2. The molecule has 0 aliphatic heterocycles. The van der Waals surface area contributed by atoms with Gasteiger partial charge < -0.3 is 22.1 Å². The normalized spacial score (nSPS) is 10.2. The van der Waals surface area contributed by atoms with Gasteiger partial charge in [0, 0.05) is 46.3 Å². The number of benzene rings is 2. The zero-order valence-electron chi connectivity index (χ0n) is 23.8. The van der Waals surface area contributed by atoms with E-state index >= 15 is 0 Å². The summed E-state index contributed by atoms with van der Waals surface area (Å²) in [5.41, 5.74) is 4.16. The smallest absolute Gasteiger partial charge is 0.228 e. The molecule has 0 unspecified atom stereocenters. The molecular weight excluding hydrogens is 568 g/mol. The molecule has 0 amide bonds. The van der Waals surface area contributed by atoms with Crippen LogP contribution in [0.1, 0.15) is 0 Å². The van der Waals surface area contributed by atoms with E-state index < -0.39 is 0 Å². The summed E-state index contributed by atoms with van der Waals surface area (Å²) in [5.74, 6) is 0. The summed E-state index contributed by atoms with van der Waals surface area (Å²) in [5, 5.41) is 5.38. The SMILES string of the molecule is c1cc2occc2cn1.c1ccc2occc2c1.c1ccc2occc2c1.c1cnc2occc2c1.c1ncc2ccoc2n1. The number of hydrogen-bond acceptors (Lipinski definition) is 9. The fourth-order valence-electron chi connectivity index (χ4n) is 4.13. The summed E-state index contributed by atoms with van der Waals surface area (Å²) >= 11 is 0. The molecular formula is C36H26N4O5. The second-order valence-corrected chi connectivity index (χ2v) is 9.27. The molecule has 0 atom stereocenters. The summed E-state index contributed by atoms with van der Waals surface area (Å²) in [6.45, 7) is 0. The van der Waals surface area contributed by atoms with Crippen molar-refractivity contribution in [3.63, 3.8) is 0 Å². The van der Waals surface area contributed by atoms with Crippen molar-refractivity contribution in [3.05, 3.63) is 159 Å². The third-order valence-electron chi connectivity index (χ3n) is 6.33. The minimum absolute atomic E-state index is 0.644. The van der Waals surface area contributed by atoms with Gasteiger partial charge in [-0.15, -0.1) is 0 Å². The van der Waals surface area contributed by atoms with Crippen LogP contribution in [-0.2, 0) is 0 Å². The Balaban J connectivity index is 0.0000000992. The van der Waals surface area contributed by atoms with Gasteiger partial charge in [-0.25, -0.2) is 15.0 Å². The van der Waals surface area contributed by atoms with E-state index in [9.17, 15) is 0 Å². The molecule has 2 aromatic carbocycles. The first-order valence-corrected chi connectivity index (χ1v) is 13.9. The number of hydrogen-bond donors (Lipinski definition) is 0. The minimum Gasteiger partial charge on any atom is -0.464 e. The highest BCUT2D eigenvalue weighted by molar-refractivity contribution is 5.77.